The fourth-order valence-electron chi connectivity index (χ4n) is 2.75. The van der Waals surface area contributed by atoms with Gasteiger partial charge in [0.25, 0.3) is 5.69 Å². The van der Waals surface area contributed by atoms with Gasteiger partial charge in [-0.15, -0.1) is 0 Å². The van der Waals surface area contributed by atoms with Crippen LogP contribution in [0.5, 0.6) is 5.75 Å². The second-order valence-electron chi connectivity index (χ2n) is 6.35. The first-order valence-electron chi connectivity index (χ1n) is 8.81. The second kappa shape index (κ2) is 9.98. The molecule has 1 fully saturated rings. The molecule has 0 saturated carbocycles. The summed E-state index contributed by atoms with van der Waals surface area (Å²) in [5, 5.41) is 21.3. The molecule has 2 rings (SSSR count). The predicted molar refractivity (Wildman–Crippen MR) is 96.1 cm³/mol. The molecule has 5 atom stereocenters. The number of aliphatic hydroxyl groups is 1. The summed E-state index contributed by atoms with van der Waals surface area (Å²) in [5.41, 5.74) is -0.176. The van der Waals surface area contributed by atoms with Crippen LogP contribution in [0, 0.1) is 10.1 Å². The van der Waals surface area contributed by atoms with Crippen LogP contribution in [0.3, 0.4) is 0 Å². The highest BCUT2D eigenvalue weighted by molar-refractivity contribution is 5.67. The van der Waals surface area contributed by atoms with Crippen LogP contribution in [0.15, 0.2) is 24.3 Å². The molecule has 0 spiro atoms. The van der Waals surface area contributed by atoms with Crippen molar-refractivity contribution in [3.05, 3.63) is 34.4 Å². The number of non-ortho nitro benzene ring substituents is 1. The predicted octanol–water partition coefficient (Wildman–Crippen LogP) is 0.486. The Kier molecular flexibility index (Phi) is 7.66. The highest BCUT2D eigenvalue weighted by atomic mass is 16.7. The van der Waals surface area contributed by atoms with Crippen LogP contribution >= 0.6 is 0 Å². The topological polar surface area (TPSA) is 161 Å². The minimum atomic E-state index is -1.51. The molecule has 1 aromatic rings. The van der Waals surface area contributed by atoms with Crippen molar-refractivity contribution in [3.8, 4) is 5.75 Å². The molecule has 1 aliphatic heterocycles. The Bertz CT molecular complexity index is 794. The molecule has 164 valence electrons. The van der Waals surface area contributed by atoms with Crippen LogP contribution in [0.2, 0.25) is 0 Å². The van der Waals surface area contributed by atoms with Crippen molar-refractivity contribution in [1.29, 1.82) is 0 Å². The fraction of sp³-hybridized carbons (Fsp3) is 0.500. The Labute approximate surface area is 170 Å². The minimum absolute atomic E-state index is 0.118. The van der Waals surface area contributed by atoms with Crippen LogP contribution in [0.4, 0.5) is 5.69 Å². The highest BCUT2D eigenvalue weighted by Gasteiger charge is 2.51. The Morgan fingerprint density at radius 2 is 1.60 bits per heavy atom. The first-order valence-corrected chi connectivity index (χ1v) is 8.81. The molecule has 0 bridgehead atoms. The van der Waals surface area contributed by atoms with Gasteiger partial charge in [-0.3, -0.25) is 24.5 Å². The van der Waals surface area contributed by atoms with E-state index in [2.05, 4.69) is 0 Å². The van der Waals surface area contributed by atoms with Crippen molar-refractivity contribution in [2.24, 2.45) is 0 Å². The average Bonchev–Trinajstić information content (AvgIpc) is 2.65. The third-order valence-corrected chi connectivity index (χ3v) is 3.97. The van der Waals surface area contributed by atoms with Crippen LogP contribution in [-0.2, 0) is 33.3 Å². The summed E-state index contributed by atoms with van der Waals surface area (Å²) >= 11 is 0. The number of benzene rings is 1. The van der Waals surface area contributed by atoms with Gasteiger partial charge in [0, 0.05) is 32.9 Å². The van der Waals surface area contributed by atoms with Gasteiger partial charge in [-0.2, -0.15) is 0 Å². The van der Waals surface area contributed by atoms with Gasteiger partial charge in [0.15, 0.2) is 6.10 Å². The molecule has 1 N–H and O–H groups in total. The van der Waals surface area contributed by atoms with E-state index in [0.29, 0.717) is 0 Å². The maximum Gasteiger partial charge on any atom is 0.303 e. The lowest BCUT2D eigenvalue weighted by atomic mass is 9.98. The largest absolute Gasteiger partial charge is 0.463 e. The maximum absolute atomic E-state index is 11.6. The highest BCUT2D eigenvalue weighted by Crippen LogP contribution is 2.29. The summed E-state index contributed by atoms with van der Waals surface area (Å²) in [6.07, 6.45) is -6.82. The number of hydrogen-bond donors (Lipinski definition) is 1. The summed E-state index contributed by atoms with van der Waals surface area (Å²) < 4.78 is 26.4. The molecule has 1 heterocycles. The molecule has 0 radical (unpaired) electrons. The van der Waals surface area contributed by atoms with E-state index in [-0.39, 0.29) is 18.0 Å². The molecule has 0 unspecified atom stereocenters. The first kappa shape index (κ1) is 23.0. The van der Waals surface area contributed by atoms with Crippen molar-refractivity contribution < 1.29 is 48.1 Å². The van der Waals surface area contributed by atoms with Gasteiger partial charge in [0.05, 0.1) is 4.92 Å². The van der Waals surface area contributed by atoms with Gasteiger partial charge in [-0.25, -0.2) is 0 Å². The van der Waals surface area contributed by atoms with Crippen LogP contribution in [0.1, 0.15) is 20.8 Å². The minimum Gasteiger partial charge on any atom is -0.463 e. The number of hydrogen-bond acceptors (Lipinski definition) is 11. The first-order chi connectivity index (χ1) is 14.1. The number of ether oxygens (including phenoxy) is 5. The van der Waals surface area contributed by atoms with E-state index >= 15 is 0 Å². The number of nitrogens with zero attached hydrogens (tertiary/aromatic N) is 1. The van der Waals surface area contributed by atoms with Crippen molar-refractivity contribution >= 4 is 23.6 Å². The zero-order chi connectivity index (χ0) is 22.4. The molecular weight excluding hydrogens is 406 g/mol. The summed E-state index contributed by atoms with van der Waals surface area (Å²) in [5.74, 6) is -2.04. The van der Waals surface area contributed by atoms with Gasteiger partial charge in [-0.1, -0.05) is 0 Å². The molecule has 0 aliphatic carbocycles. The number of carbonyl (C=O) groups is 3. The fourth-order valence-corrected chi connectivity index (χ4v) is 2.75. The number of nitro benzene ring substituents is 1. The van der Waals surface area contributed by atoms with E-state index < -0.39 is 53.5 Å². The molecule has 1 saturated heterocycles. The number of esters is 3. The summed E-state index contributed by atoms with van der Waals surface area (Å²) in [4.78, 5) is 44.4. The van der Waals surface area contributed by atoms with Gasteiger partial charge in [-0.05, 0) is 12.1 Å². The lowest BCUT2D eigenvalue weighted by Gasteiger charge is -2.42. The normalized spacial score (nSPS) is 25.7. The van der Waals surface area contributed by atoms with E-state index in [0.717, 1.165) is 20.8 Å². The zero-order valence-electron chi connectivity index (χ0n) is 16.4. The number of carbonyl (C=O) groups excluding carboxylic acids is 3. The molecule has 0 aromatic heterocycles. The Morgan fingerprint density at radius 3 is 2.10 bits per heavy atom. The molecule has 0 amide bonds. The SMILES string of the molecule is CC(=O)OC[C@H]1O[C@@H](Oc2ccc([N+](=O)[O-])cc2)[C@H](OC(C)=O)[C@@H](OC(C)=O)[C@@H]1O. The monoisotopic (exact) mass is 427 g/mol. The molecule has 1 aromatic carbocycles. The number of aliphatic hydroxyl groups excluding tert-OH is 1. The van der Waals surface area contributed by atoms with Gasteiger partial charge >= 0.3 is 17.9 Å². The Morgan fingerprint density at radius 1 is 1.03 bits per heavy atom. The summed E-state index contributed by atoms with van der Waals surface area (Å²) in [6.45, 7) is 2.97. The van der Waals surface area contributed by atoms with Crippen molar-refractivity contribution in [1.82, 2.24) is 0 Å². The quantitative estimate of drug-likeness (QED) is 0.279. The van der Waals surface area contributed by atoms with Gasteiger partial charge < -0.3 is 28.8 Å². The Hall–Kier alpha value is -3.25. The molecule has 12 nitrogen and oxygen atoms in total. The van der Waals surface area contributed by atoms with Crippen LogP contribution in [0.25, 0.3) is 0 Å². The van der Waals surface area contributed by atoms with Gasteiger partial charge in [0.1, 0.15) is 24.6 Å². The molecule has 12 heteroatoms. The average molecular weight is 427 g/mol. The summed E-state index contributed by atoms with van der Waals surface area (Å²) in [7, 11) is 0. The van der Waals surface area contributed by atoms with E-state index in [1.54, 1.807) is 0 Å². The Balaban J connectivity index is 2.31. The van der Waals surface area contributed by atoms with E-state index in [4.69, 9.17) is 23.7 Å². The lowest BCUT2D eigenvalue weighted by Crippen LogP contribution is -2.62. The second-order valence-corrected chi connectivity index (χ2v) is 6.35. The van der Waals surface area contributed by atoms with Crippen LogP contribution in [-0.4, -0.2) is 65.3 Å². The van der Waals surface area contributed by atoms with Crippen molar-refractivity contribution in [2.45, 2.75) is 51.5 Å². The summed E-state index contributed by atoms with van der Waals surface area (Å²) in [6, 6.07) is 4.96. The lowest BCUT2D eigenvalue weighted by molar-refractivity contribution is -0.384. The molecule has 30 heavy (non-hydrogen) atoms. The standard InChI is InChI=1S/C18H21NO11/c1-9(20)26-8-14-15(23)16(27-10(2)21)17(28-11(3)22)18(30-14)29-13-6-4-12(5-7-13)19(24)25/h4-7,14-18,23H,8H2,1-3H3/t14-,15-,16+,17-,18-/m1/s1. The molecule has 1 aliphatic rings. The van der Waals surface area contributed by atoms with Crippen LogP contribution < -0.4 is 4.74 Å². The van der Waals surface area contributed by atoms with E-state index in [1.807, 2.05) is 0 Å². The van der Waals surface area contributed by atoms with E-state index in [1.165, 1.54) is 24.3 Å². The molecular formula is C18H21NO11. The number of rotatable bonds is 7. The third-order valence-electron chi connectivity index (χ3n) is 3.97. The zero-order valence-corrected chi connectivity index (χ0v) is 16.4. The van der Waals surface area contributed by atoms with Gasteiger partial charge in [0.2, 0.25) is 12.4 Å². The smallest absolute Gasteiger partial charge is 0.303 e. The maximum atomic E-state index is 11.6. The van der Waals surface area contributed by atoms with Crippen molar-refractivity contribution in [3.63, 3.8) is 0 Å². The number of nitro groups is 1. The van der Waals surface area contributed by atoms with E-state index in [9.17, 15) is 29.6 Å². The third kappa shape index (κ3) is 6.12. The van der Waals surface area contributed by atoms with Crippen molar-refractivity contribution in [2.75, 3.05) is 6.61 Å².